The smallest absolute Gasteiger partial charge is 0.00453 e. The number of hydrogen-bond donors (Lipinski definition) is 0. The molecule has 1 aromatic rings. The van der Waals surface area contributed by atoms with Crippen molar-refractivity contribution in [3.63, 3.8) is 0 Å². The molecule has 0 aliphatic heterocycles. The van der Waals surface area contributed by atoms with E-state index in [0.717, 1.165) is 5.92 Å². The molecule has 0 saturated heterocycles. The second-order valence-electron chi connectivity index (χ2n) is 3.60. The van der Waals surface area contributed by atoms with E-state index in [9.17, 15) is 0 Å². The molecule has 0 fully saturated rings. The van der Waals surface area contributed by atoms with Crippen molar-refractivity contribution in [3.05, 3.63) is 21.9 Å². The molecule has 0 atom stereocenters. The van der Waals surface area contributed by atoms with Crippen LogP contribution in [0.5, 0.6) is 0 Å². The highest BCUT2D eigenvalue weighted by Crippen LogP contribution is 2.14. The molecule has 1 heterocycles. The van der Waals surface area contributed by atoms with Gasteiger partial charge < -0.3 is 0 Å². The van der Waals surface area contributed by atoms with E-state index < -0.39 is 0 Å². The van der Waals surface area contributed by atoms with E-state index in [-0.39, 0.29) is 0 Å². The summed E-state index contributed by atoms with van der Waals surface area (Å²) in [7, 11) is 0. The summed E-state index contributed by atoms with van der Waals surface area (Å²) in [6, 6.07) is 4.36. The Morgan fingerprint density at radius 2 is 1.75 bits per heavy atom. The van der Waals surface area contributed by atoms with Crippen LogP contribution in [-0.2, 0) is 6.42 Å². The highest BCUT2D eigenvalue weighted by atomic mass is 32.1. The van der Waals surface area contributed by atoms with Crippen LogP contribution in [0.4, 0.5) is 0 Å². The van der Waals surface area contributed by atoms with Crippen LogP contribution in [-0.4, -0.2) is 0 Å². The van der Waals surface area contributed by atoms with Crippen molar-refractivity contribution in [2.75, 3.05) is 0 Å². The summed E-state index contributed by atoms with van der Waals surface area (Å²) in [5.74, 6) is 0.833. The standard InChI is InChI=1S/C7H10S.C4H10/c1-3-7-5-4-6(2)8-7;1-4(2)3/h4-5H,3H2,1-2H3;4H,1-3H3. The van der Waals surface area contributed by atoms with Gasteiger partial charge >= 0.3 is 0 Å². The maximum Gasteiger partial charge on any atom is 0.00453 e. The zero-order valence-electron chi connectivity index (χ0n) is 8.85. The fourth-order valence-electron chi connectivity index (χ4n) is 0.675. The van der Waals surface area contributed by atoms with Crippen molar-refractivity contribution >= 4 is 11.3 Å². The van der Waals surface area contributed by atoms with E-state index in [0.29, 0.717) is 0 Å². The first-order valence-corrected chi connectivity index (χ1v) is 5.43. The quantitative estimate of drug-likeness (QED) is 0.611. The first kappa shape index (κ1) is 11.7. The van der Waals surface area contributed by atoms with Crippen LogP contribution in [0, 0.1) is 12.8 Å². The van der Waals surface area contributed by atoms with Crippen molar-refractivity contribution in [2.45, 2.75) is 41.0 Å². The van der Waals surface area contributed by atoms with Crippen molar-refractivity contribution in [1.82, 2.24) is 0 Å². The number of rotatable bonds is 1. The Morgan fingerprint density at radius 3 is 1.92 bits per heavy atom. The van der Waals surface area contributed by atoms with Gasteiger partial charge in [0.2, 0.25) is 0 Å². The first-order chi connectivity index (χ1) is 5.56. The third-order valence-electron chi connectivity index (χ3n) is 1.14. The highest BCUT2D eigenvalue weighted by Gasteiger charge is 1.89. The summed E-state index contributed by atoms with van der Waals surface area (Å²) >= 11 is 1.89. The van der Waals surface area contributed by atoms with Gasteiger partial charge in [-0.2, -0.15) is 0 Å². The molecule has 0 N–H and O–H groups in total. The molecule has 0 amide bonds. The summed E-state index contributed by atoms with van der Waals surface area (Å²) in [4.78, 5) is 2.91. The third-order valence-corrected chi connectivity index (χ3v) is 2.29. The van der Waals surface area contributed by atoms with Crippen LogP contribution in [0.3, 0.4) is 0 Å². The molecule has 0 saturated carbocycles. The van der Waals surface area contributed by atoms with Gasteiger partial charge in [0.25, 0.3) is 0 Å². The van der Waals surface area contributed by atoms with E-state index >= 15 is 0 Å². The lowest BCUT2D eigenvalue weighted by molar-refractivity contribution is 0.737. The summed E-state index contributed by atoms with van der Waals surface area (Å²) in [6.45, 7) is 10.8. The molecule has 1 heteroatoms. The predicted octanol–water partition coefficient (Wildman–Crippen LogP) is 4.28. The van der Waals surface area contributed by atoms with E-state index in [1.54, 1.807) is 0 Å². The Labute approximate surface area is 80.6 Å². The van der Waals surface area contributed by atoms with Gasteiger partial charge in [-0.25, -0.2) is 0 Å². The highest BCUT2D eigenvalue weighted by molar-refractivity contribution is 7.11. The first-order valence-electron chi connectivity index (χ1n) is 4.61. The van der Waals surface area contributed by atoms with Crippen LogP contribution in [0.25, 0.3) is 0 Å². The zero-order valence-corrected chi connectivity index (χ0v) is 9.66. The SMILES string of the molecule is CC(C)C.CCc1ccc(C)s1. The molecule has 0 aliphatic carbocycles. The molecule has 0 aromatic carbocycles. The molecule has 1 rings (SSSR count). The monoisotopic (exact) mass is 184 g/mol. The van der Waals surface area contributed by atoms with E-state index in [1.165, 1.54) is 16.2 Å². The Hall–Kier alpha value is -0.300. The van der Waals surface area contributed by atoms with Crippen LogP contribution in [0.15, 0.2) is 12.1 Å². The predicted molar refractivity (Wildman–Crippen MR) is 58.9 cm³/mol. The van der Waals surface area contributed by atoms with Gasteiger partial charge in [0.15, 0.2) is 0 Å². The lowest BCUT2D eigenvalue weighted by atomic mass is 10.3. The second kappa shape index (κ2) is 6.24. The molecule has 70 valence electrons. The minimum absolute atomic E-state index is 0.833. The fourth-order valence-corrected chi connectivity index (χ4v) is 1.51. The van der Waals surface area contributed by atoms with E-state index in [2.05, 4.69) is 46.8 Å². The Kier molecular flexibility index (Phi) is 6.09. The summed E-state index contributed by atoms with van der Waals surface area (Å²) in [5, 5.41) is 0. The van der Waals surface area contributed by atoms with Gasteiger partial charge in [-0.05, 0) is 31.4 Å². The zero-order chi connectivity index (χ0) is 9.56. The second-order valence-corrected chi connectivity index (χ2v) is 4.97. The van der Waals surface area contributed by atoms with Crippen LogP contribution >= 0.6 is 11.3 Å². The third kappa shape index (κ3) is 6.41. The molecular formula is C11H20S. The minimum atomic E-state index is 0.833. The van der Waals surface area contributed by atoms with Gasteiger partial charge in [-0.1, -0.05) is 27.7 Å². The Bertz CT molecular complexity index is 196. The van der Waals surface area contributed by atoms with Crippen molar-refractivity contribution < 1.29 is 0 Å². The van der Waals surface area contributed by atoms with Crippen molar-refractivity contribution in [2.24, 2.45) is 5.92 Å². The normalized spacial score (nSPS) is 9.50. The van der Waals surface area contributed by atoms with Crippen molar-refractivity contribution in [1.29, 1.82) is 0 Å². The van der Waals surface area contributed by atoms with Gasteiger partial charge in [0, 0.05) is 9.75 Å². The number of thiophene rings is 1. The maximum absolute atomic E-state index is 2.19. The topological polar surface area (TPSA) is 0 Å². The Morgan fingerprint density at radius 1 is 1.25 bits per heavy atom. The summed E-state index contributed by atoms with van der Waals surface area (Å²) < 4.78 is 0. The molecule has 0 unspecified atom stereocenters. The largest absolute Gasteiger partial charge is 0.146 e. The van der Waals surface area contributed by atoms with E-state index in [1.807, 2.05) is 11.3 Å². The van der Waals surface area contributed by atoms with Crippen LogP contribution in [0.1, 0.15) is 37.4 Å². The van der Waals surface area contributed by atoms with Crippen LogP contribution < -0.4 is 0 Å². The number of hydrogen-bond acceptors (Lipinski definition) is 1. The summed E-state index contributed by atoms with van der Waals surface area (Å²) in [6.07, 6.45) is 1.18. The molecule has 0 spiro atoms. The molecule has 0 radical (unpaired) electrons. The van der Waals surface area contributed by atoms with Crippen LogP contribution in [0.2, 0.25) is 0 Å². The van der Waals surface area contributed by atoms with Gasteiger partial charge in [-0.3, -0.25) is 0 Å². The lowest BCUT2D eigenvalue weighted by Gasteiger charge is -1.80. The number of aryl methyl sites for hydroxylation is 2. The average Bonchev–Trinajstić information content (AvgIpc) is 2.34. The molecule has 0 nitrogen and oxygen atoms in total. The Balaban J connectivity index is 0.000000261. The molecule has 0 aliphatic rings. The maximum atomic E-state index is 2.19. The van der Waals surface area contributed by atoms with Gasteiger partial charge in [0.05, 0.1) is 0 Å². The fraction of sp³-hybridized carbons (Fsp3) is 0.636. The molecule has 1 aromatic heterocycles. The summed E-state index contributed by atoms with van der Waals surface area (Å²) in [5.41, 5.74) is 0. The lowest BCUT2D eigenvalue weighted by Crippen LogP contribution is -1.66. The van der Waals surface area contributed by atoms with Gasteiger partial charge in [0.1, 0.15) is 0 Å². The molecule has 0 bridgehead atoms. The van der Waals surface area contributed by atoms with Gasteiger partial charge in [-0.15, -0.1) is 11.3 Å². The van der Waals surface area contributed by atoms with Crippen molar-refractivity contribution in [3.8, 4) is 0 Å². The van der Waals surface area contributed by atoms with E-state index in [4.69, 9.17) is 0 Å². The molecule has 12 heavy (non-hydrogen) atoms. The minimum Gasteiger partial charge on any atom is -0.146 e. The average molecular weight is 184 g/mol. The molecular weight excluding hydrogens is 164 g/mol.